The van der Waals surface area contributed by atoms with Crippen LogP contribution in [-0.4, -0.2) is 19.1 Å². The molecule has 1 heterocycles. The van der Waals surface area contributed by atoms with Crippen LogP contribution >= 0.6 is 11.6 Å². The molecular formula is C19H16ClNO5. The van der Waals surface area contributed by atoms with Crippen molar-refractivity contribution in [1.29, 1.82) is 0 Å². The summed E-state index contributed by atoms with van der Waals surface area (Å²) in [7, 11) is 1.51. The van der Waals surface area contributed by atoms with Crippen LogP contribution in [0.4, 0.5) is 5.69 Å². The lowest BCUT2D eigenvalue weighted by molar-refractivity contribution is -0.122. The van der Waals surface area contributed by atoms with E-state index in [1.54, 1.807) is 49.4 Å². The smallest absolute Gasteiger partial charge is 0.336 e. The topological polar surface area (TPSA) is 77.8 Å². The first-order valence-corrected chi connectivity index (χ1v) is 8.19. The highest BCUT2D eigenvalue weighted by Crippen LogP contribution is 2.27. The van der Waals surface area contributed by atoms with Crippen LogP contribution in [0.2, 0.25) is 5.02 Å². The van der Waals surface area contributed by atoms with E-state index < -0.39 is 11.7 Å². The first-order valence-electron chi connectivity index (χ1n) is 7.81. The summed E-state index contributed by atoms with van der Waals surface area (Å²) in [6, 6.07) is 13.0. The Bertz CT molecular complexity index is 1010. The Morgan fingerprint density at radius 1 is 1.15 bits per heavy atom. The maximum Gasteiger partial charge on any atom is 0.336 e. The van der Waals surface area contributed by atoms with E-state index in [1.807, 2.05) is 0 Å². The average Bonchev–Trinajstić information content (AvgIpc) is 2.61. The minimum Gasteiger partial charge on any atom is -0.495 e. The van der Waals surface area contributed by atoms with Crippen molar-refractivity contribution in [1.82, 2.24) is 0 Å². The van der Waals surface area contributed by atoms with E-state index in [1.165, 1.54) is 13.2 Å². The van der Waals surface area contributed by atoms with Crippen molar-refractivity contribution in [3.05, 3.63) is 64.0 Å². The maximum atomic E-state index is 12.3. The molecule has 1 unspecified atom stereocenters. The second-order valence-electron chi connectivity index (χ2n) is 5.55. The summed E-state index contributed by atoms with van der Waals surface area (Å²) in [5, 5.41) is 3.88. The summed E-state index contributed by atoms with van der Waals surface area (Å²) in [6.45, 7) is 1.62. The number of carbonyl (C=O) groups is 1. The quantitative estimate of drug-likeness (QED) is 0.687. The zero-order chi connectivity index (χ0) is 18.7. The van der Waals surface area contributed by atoms with Gasteiger partial charge < -0.3 is 19.2 Å². The first-order chi connectivity index (χ1) is 12.5. The largest absolute Gasteiger partial charge is 0.495 e. The molecular weight excluding hydrogens is 358 g/mol. The lowest BCUT2D eigenvalue weighted by Gasteiger charge is -2.15. The molecule has 1 aromatic heterocycles. The molecule has 7 heteroatoms. The molecule has 0 saturated heterocycles. The number of halogens is 1. The zero-order valence-electron chi connectivity index (χ0n) is 14.1. The molecule has 0 saturated carbocycles. The molecule has 0 aliphatic heterocycles. The van der Waals surface area contributed by atoms with Gasteiger partial charge in [0.1, 0.15) is 17.1 Å². The van der Waals surface area contributed by atoms with Crippen LogP contribution in [0.15, 0.2) is 57.7 Å². The van der Waals surface area contributed by atoms with Gasteiger partial charge in [-0.05, 0) is 43.3 Å². The van der Waals surface area contributed by atoms with Crippen LogP contribution in [0.25, 0.3) is 11.0 Å². The van der Waals surface area contributed by atoms with Crippen molar-refractivity contribution in [3.8, 4) is 11.5 Å². The fourth-order valence-corrected chi connectivity index (χ4v) is 2.62. The Balaban J connectivity index is 1.71. The molecule has 0 bridgehead atoms. The number of fused-ring (bicyclic) bond motifs is 1. The zero-order valence-corrected chi connectivity index (χ0v) is 14.9. The number of carbonyl (C=O) groups excluding carboxylic acids is 1. The van der Waals surface area contributed by atoms with Crippen molar-refractivity contribution in [2.24, 2.45) is 0 Å². The SMILES string of the molecule is COc1ccc(NC(=O)C(C)Oc2ccc3ccc(=O)oc3c2)cc1Cl. The molecule has 6 nitrogen and oxygen atoms in total. The third-order valence-electron chi connectivity index (χ3n) is 3.70. The Hall–Kier alpha value is -2.99. The first kappa shape index (κ1) is 17.8. The van der Waals surface area contributed by atoms with Gasteiger partial charge in [-0.1, -0.05) is 11.6 Å². The number of anilines is 1. The predicted molar refractivity (Wildman–Crippen MR) is 99.2 cm³/mol. The van der Waals surface area contributed by atoms with E-state index in [4.69, 9.17) is 25.5 Å². The predicted octanol–water partition coefficient (Wildman–Crippen LogP) is 3.86. The maximum absolute atomic E-state index is 12.3. The van der Waals surface area contributed by atoms with Crippen molar-refractivity contribution < 1.29 is 18.7 Å². The van der Waals surface area contributed by atoms with Gasteiger partial charge in [0, 0.05) is 23.2 Å². The van der Waals surface area contributed by atoms with Crippen LogP contribution in [0, 0.1) is 0 Å². The minimum absolute atomic E-state index is 0.346. The summed E-state index contributed by atoms with van der Waals surface area (Å²) >= 11 is 6.05. The number of amides is 1. The highest BCUT2D eigenvalue weighted by atomic mass is 35.5. The van der Waals surface area contributed by atoms with Crippen LogP contribution in [0.3, 0.4) is 0 Å². The lowest BCUT2D eigenvalue weighted by Crippen LogP contribution is -2.30. The molecule has 3 aromatic rings. The number of rotatable bonds is 5. The third-order valence-corrected chi connectivity index (χ3v) is 3.99. The van der Waals surface area contributed by atoms with Crippen LogP contribution in [0.5, 0.6) is 11.5 Å². The monoisotopic (exact) mass is 373 g/mol. The van der Waals surface area contributed by atoms with Crippen molar-refractivity contribution in [3.63, 3.8) is 0 Å². The summed E-state index contributed by atoms with van der Waals surface area (Å²) in [4.78, 5) is 23.6. The van der Waals surface area contributed by atoms with Crippen LogP contribution in [-0.2, 0) is 4.79 Å². The molecule has 134 valence electrons. The highest BCUT2D eigenvalue weighted by Gasteiger charge is 2.16. The van der Waals surface area contributed by atoms with Gasteiger partial charge in [0.25, 0.3) is 5.91 Å². The highest BCUT2D eigenvalue weighted by molar-refractivity contribution is 6.32. The second kappa shape index (κ2) is 7.49. The lowest BCUT2D eigenvalue weighted by atomic mass is 10.2. The molecule has 3 rings (SSSR count). The Morgan fingerprint density at radius 3 is 2.65 bits per heavy atom. The Labute approximate surface area is 154 Å². The molecule has 0 radical (unpaired) electrons. The van der Waals surface area contributed by atoms with Crippen molar-refractivity contribution >= 4 is 34.2 Å². The number of hydrogen-bond donors (Lipinski definition) is 1. The molecule has 26 heavy (non-hydrogen) atoms. The summed E-state index contributed by atoms with van der Waals surface area (Å²) in [6.07, 6.45) is -0.774. The summed E-state index contributed by atoms with van der Waals surface area (Å²) in [5.41, 5.74) is 0.474. The third kappa shape index (κ3) is 3.97. The Morgan fingerprint density at radius 2 is 1.92 bits per heavy atom. The van der Waals surface area contributed by atoms with Gasteiger partial charge >= 0.3 is 5.63 Å². The summed E-state index contributed by atoms with van der Waals surface area (Å²) in [5.74, 6) is 0.592. The van der Waals surface area contributed by atoms with Gasteiger partial charge in [0.2, 0.25) is 0 Å². The van der Waals surface area contributed by atoms with Crippen LogP contribution in [0.1, 0.15) is 6.92 Å². The van der Waals surface area contributed by atoms with Crippen molar-refractivity contribution in [2.45, 2.75) is 13.0 Å². The Kier molecular flexibility index (Phi) is 5.14. The van der Waals surface area contributed by atoms with Gasteiger partial charge in [-0.25, -0.2) is 4.79 Å². The fourth-order valence-electron chi connectivity index (χ4n) is 2.36. The number of benzene rings is 2. The normalized spacial score (nSPS) is 11.8. The van der Waals surface area contributed by atoms with Gasteiger partial charge in [0.05, 0.1) is 12.1 Å². The van der Waals surface area contributed by atoms with E-state index in [0.29, 0.717) is 27.8 Å². The number of ether oxygens (including phenoxy) is 2. The summed E-state index contributed by atoms with van der Waals surface area (Å²) < 4.78 is 15.8. The van der Waals surface area contributed by atoms with E-state index in [-0.39, 0.29) is 5.91 Å². The van der Waals surface area contributed by atoms with Gasteiger partial charge in [-0.3, -0.25) is 4.79 Å². The number of methoxy groups -OCH3 is 1. The molecule has 1 atom stereocenters. The molecule has 1 amide bonds. The minimum atomic E-state index is -0.774. The van der Waals surface area contributed by atoms with E-state index in [9.17, 15) is 9.59 Å². The van der Waals surface area contributed by atoms with Gasteiger partial charge in [0.15, 0.2) is 6.10 Å². The molecule has 0 fully saturated rings. The number of hydrogen-bond acceptors (Lipinski definition) is 5. The molecule has 0 aliphatic rings. The van der Waals surface area contributed by atoms with Crippen molar-refractivity contribution in [2.75, 3.05) is 12.4 Å². The molecule has 0 spiro atoms. The van der Waals surface area contributed by atoms with E-state index in [2.05, 4.69) is 5.32 Å². The average molecular weight is 374 g/mol. The molecule has 2 aromatic carbocycles. The number of nitrogens with one attached hydrogen (secondary N) is 1. The van der Waals surface area contributed by atoms with Gasteiger partial charge in [-0.2, -0.15) is 0 Å². The van der Waals surface area contributed by atoms with Crippen LogP contribution < -0.4 is 20.4 Å². The molecule has 1 N–H and O–H groups in total. The van der Waals surface area contributed by atoms with Gasteiger partial charge in [-0.15, -0.1) is 0 Å². The molecule has 0 aliphatic carbocycles. The fraction of sp³-hybridized carbons (Fsp3) is 0.158. The second-order valence-corrected chi connectivity index (χ2v) is 5.96. The van der Waals surface area contributed by atoms with E-state index in [0.717, 1.165) is 5.39 Å². The standard InChI is InChI=1S/C19H16ClNO5/c1-11(19(23)21-13-5-7-16(24-2)15(20)9-13)25-14-6-3-12-4-8-18(22)26-17(12)10-14/h3-11H,1-2H3,(H,21,23). The van der Waals surface area contributed by atoms with E-state index >= 15 is 0 Å².